The molecule has 0 radical (unpaired) electrons. The van der Waals surface area contributed by atoms with Crippen LogP contribution < -0.4 is 5.32 Å². The fourth-order valence-electron chi connectivity index (χ4n) is 3.01. The van der Waals surface area contributed by atoms with Gasteiger partial charge in [-0.1, -0.05) is 30.3 Å². The number of rotatable bonds is 7. The third kappa shape index (κ3) is 5.40. The molecule has 0 spiro atoms. The van der Waals surface area contributed by atoms with E-state index in [0.29, 0.717) is 6.04 Å². The average molecular weight is 291 g/mol. The summed E-state index contributed by atoms with van der Waals surface area (Å²) in [5.41, 5.74) is 1.38. The summed E-state index contributed by atoms with van der Waals surface area (Å²) in [6.45, 7) is 4.32. The van der Waals surface area contributed by atoms with Crippen LogP contribution in [0.5, 0.6) is 0 Å². The molecule has 1 heterocycles. The lowest BCUT2D eigenvalue weighted by Crippen LogP contribution is -2.58. The maximum atomic E-state index is 9.55. The van der Waals surface area contributed by atoms with Crippen LogP contribution in [0.2, 0.25) is 0 Å². The molecule has 1 aliphatic heterocycles. The van der Waals surface area contributed by atoms with Crippen molar-refractivity contribution in [2.75, 3.05) is 46.9 Å². The van der Waals surface area contributed by atoms with Crippen LogP contribution in [-0.4, -0.2) is 73.9 Å². The van der Waals surface area contributed by atoms with Gasteiger partial charge < -0.3 is 15.3 Å². The molecule has 0 amide bonds. The standard InChI is InChI=1S/C17H29N3O/c1-19(2)9-6-10-20-13-16(18-12-17(20)14-21)11-15-7-4-3-5-8-15/h3-5,7-8,16-18,21H,6,9-14H2,1-2H3. The van der Waals surface area contributed by atoms with Crippen LogP contribution >= 0.6 is 0 Å². The van der Waals surface area contributed by atoms with Crippen LogP contribution in [0.25, 0.3) is 0 Å². The summed E-state index contributed by atoms with van der Waals surface area (Å²) in [6.07, 6.45) is 2.21. The Kier molecular flexibility index (Phi) is 6.64. The highest BCUT2D eigenvalue weighted by atomic mass is 16.3. The van der Waals surface area contributed by atoms with Gasteiger partial charge in [0, 0.05) is 25.2 Å². The van der Waals surface area contributed by atoms with Crippen molar-refractivity contribution in [3.05, 3.63) is 35.9 Å². The predicted molar refractivity (Wildman–Crippen MR) is 87.6 cm³/mol. The number of benzene rings is 1. The summed E-state index contributed by atoms with van der Waals surface area (Å²) < 4.78 is 0. The molecular weight excluding hydrogens is 262 g/mol. The Morgan fingerprint density at radius 1 is 1.29 bits per heavy atom. The Morgan fingerprint density at radius 2 is 2.05 bits per heavy atom. The maximum Gasteiger partial charge on any atom is 0.0599 e. The lowest BCUT2D eigenvalue weighted by atomic mass is 10.0. The molecule has 4 heteroatoms. The van der Waals surface area contributed by atoms with Gasteiger partial charge in [0.2, 0.25) is 0 Å². The van der Waals surface area contributed by atoms with Gasteiger partial charge in [0.1, 0.15) is 0 Å². The molecule has 0 aliphatic carbocycles. The van der Waals surface area contributed by atoms with Gasteiger partial charge in [-0.15, -0.1) is 0 Å². The van der Waals surface area contributed by atoms with E-state index in [4.69, 9.17) is 0 Å². The van der Waals surface area contributed by atoms with Gasteiger partial charge in [0.15, 0.2) is 0 Å². The van der Waals surface area contributed by atoms with Crippen LogP contribution in [0, 0.1) is 0 Å². The number of aliphatic hydroxyl groups is 1. The van der Waals surface area contributed by atoms with Crippen molar-refractivity contribution in [1.82, 2.24) is 15.1 Å². The highest BCUT2D eigenvalue weighted by Gasteiger charge is 2.26. The quantitative estimate of drug-likeness (QED) is 0.780. The summed E-state index contributed by atoms with van der Waals surface area (Å²) in [5.74, 6) is 0. The lowest BCUT2D eigenvalue weighted by Gasteiger charge is -2.40. The summed E-state index contributed by atoms with van der Waals surface area (Å²) in [7, 11) is 4.22. The van der Waals surface area contributed by atoms with Crippen molar-refractivity contribution in [2.24, 2.45) is 0 Å². The molecule has 4 nitrogen and oxygen atoms in total. The number of piperazine rings is 1. The second kappa shape index (κ2) is 8.49. The Labute approximate surface area is 128 Å². The van der Waals surface area contributed by atoms with Crippen LogP contribution in [0.15, 0.2) is 30.3 Å². The normalized spacial score (nSPS) is 23.6. The molecule has 1 saturated heterocycles. The topological polar surface area (TPSA) is 38.7 Å². The molecule has 0 aromatic heterocycles. The molecule has 1 aromatic rings. The largest absolute Gasteiger partial charge is 0.395 e. The summed E-state index contributed by atoms with van der Waals surface area (Å²) in [5, 5.41) is 13.1. The zero-order valence-corrected chi connectivity index (χ0v) is 13.3. The second-order valence-corrected chi connectivity index (χ2v) is 6.28. The molecule has 2 rings (SSSR count). The SMILES string of the molecule is CN(C)CCCN1CC(Cc2ccccc2)NCC1CO. The second-order valence-electron chi connectivity index (χ2n) is 6.28. The molecule has 1 aliphatic rings. The van der Waals surface area contributed by atoms with E-state index in [1.54, 1.807) is 0 Å². The fourth-order valence-corrected chi connectivity index (χ4v) is 3.01. The van der Waals surface area contributed by atoms with Gasteiger partial charge in [0.25, 0.3) is 0 Å². The zero-order valence-electron chi connectivity index (χ0n) is 13.3. The molecule has 0 bridgehead atoms. The Morgan fingerprint density at radius 3 is 2.71 bits per heavy atom. The predicted octanol–water partition coefficient (Wildman–Crippen LogP) is 0.815. The average Bonchev–Trinajstić information content (AvgIpc) is 2.48. The zero-order chi connectivity index (χ0) is 15.1. The minimum Gasteiger partial charge on any atom is -0.395 e. The highest BCUT2D eigenvalue weighted by Crippen LogP contribution is 2.12. The van der Waals surface area contributed by atoms with Crippen LogP contribution in [0.1, 0.15) is 12.0 Å². The van der Waals surface area contributed by atoms with E-state index in [1.165, 1.54) is 5.56 Å². The van der Waals surface area contributed by atoms with Gasteiger partial charge in [0.05, 0.1) is 6.61 Å². The molecule has 118 valence electrons. The van der Waals surface area contributed by atoms with Crippen molar-refractivity contribution >= 4 is 0 Å². The monoisotopic (exact) mass is 291 g/mol. The first kappa shape index (κ1) is 16.4. The van der Waals surface area contributed by atoms with Gasteiger partial charge in [-0.3, -0.25) is 4.90 Å². The van der Waals surface area contributed by atoms with Crippen molar-refractivity contribution in [2.45, 2.75) is 24.9 Å². The Bertz CT molecular complexity index is 396. The van der Waals surface area contributed by atoms with E-state index in [0.717, 1.165) is 39.0 Å². The molecule has 2 atom stereocenters. The maximum absolute atomic E-state index is 9.55. The van der Waals surface area contributed by atoms with Crippen molar-refractivity contribution in [3.8, 4) is 0 Å². The van der Waals surface area contributed by atoms with Crippen molar-refractivity contribution in [3.63, 3.8) is 0 Å². The molecule has 1 fully saturated rings. The molecule has 2 unspecified atom stereocenters. The van der Waals surface area contributed by atoms with Gasteiger partial charge in [-0.25, -0.2) is 0 Å². The van der Waals surface area contributed by atoms with Crippen LogP contribution in [0.3, 0.4) is 0 Å². The number of nitrogens with zero attached hydrogens (tertiary/aromatic N) is 2. The first-order valence-electron chi connectivity index (χ1n) is 7.96. The molecular formula is C17H29N3O. The third-order valence-electron chi connectivity index (χ3n) is 4.20. The number of nitrogens with one attached hydrogen (secondary N) is 1. The fraction of sp³-hybridized carbons (Fsp3) is 0.647. The molecule has 2 N–H and O–H groups in total. The third-order valence-corrected chi connectivity index (χ3v) is 4.20. The summed E-state index contributed by atoms with van der Waals surface area (Å²) in [6, 6.07) is 11.4. The van der Waals surface area contributed by atoms with E-state index >= 15 is 0 Å². The van der Waals surface area contributed by atoms with Crippen LogP contribution in [-0.2, 0) is 6.42 Å². The first-order valence-corrected chi connectivity index (χ1v) is 7.96. The van der Waals surface area contributed by atoms with Gasteiger partial charge >= 0.3 is 0 Å². The van der Waals surface area contributed by atoms with E-state index in [-0.39, 0.29) is 12.6 Å². The molecule has 21 heavy (non-hydrogen) atoms. The van der Waals surface area contributed by atoms with Crippen molar-refractivity contribution < 1.29 is 5.11 Å². The number of aliphatic hydroxyl groups excluding tert-OH is 1. The van der Waals surface area contributed by atoms with Crippen molar-refractivity contribution in [1.29, 1.82) is 0 Å². The van der Waals surface area contributed by atoms with Gasteiger partial charge in [-0.05, 0) is 45.6 Å². The molecule has 0 saturated carbocycles. The first-order chi connectivity index (χ1) is 10.2. The minimum absolute atomic E-state index is 0.243. The minimum atomic E-state index is 0.243. The van der Waals surface area contributed by atoms with E-state index < -0.39 is 0 Å². The van der Waals surface area contributed by atoms with E-state index in [2.05, 4.69) is 59.5 Å². The van der Waals surface area contributed by atoms with Gasteiger partial charge in [-0.2, -0.15) is 0 Å². The number of hydrogen-bond acceptors (Lipinski definition) is 4. The summed E-state index contributed by atoms with van der Waals surface area (Å²) >= 11 is 0. The Balaban J connectivity index is 1.85. The lowest BCUT2D eigenvalue weighted by molar-refractivity contribution is 0.0779. The Hall–Kier alpha value is -0.940. The van der Waals surface area contributed by atoms with E-state index in [9.17, 15) is 5.11 Å². The number of hydrogen-bond donors (Lipinski definition) is 2. The van der Waals surface area contributed by atoms with Crippen LogP contribution in [0.4, 0.5) is 0 Å². The summed E-state index contributed by atoms with van der Waals surface area (Å²) in [4.78, 5) is 4.67. The smallest absolute Gasteiger partial charge is 0.0599 e. The van der Waals surface area contributed by atoms with E-state index in [1.807, 2.05) is 0 Å². The molecule has 1 aromatic carbocycles. The highest BCUT2D eigenvalue weighted by molar-refractivity contribution is 5.16.